The van der Waals surface area contributed by atoms with Crippen LogP contribution in [0.25, 0.3) is 10.2 Å². The Morgan fingerprint density at radius 1 is 1.29 bits per heavy atom. The zero-order chi connectivity index (χ0) is 17.3. The predicted octanol–water partition coefficient (Wildman–Crippen LogP) is 3.00. The molecule has 1 aromatic carbocycles. The molecule has 2 heterocycles. The van der Waals surface area contributed by atoms with Crippen molar-refractivity contribution in [2.24, 2.45) is 0 Å². The van der Waals surface area contributed by atoms with Crippen LogP contribution < -0.4 is 15.0 Å². The van der Waals surface area contributed by atoms with Gasteiger partial charge in [-0.15, -0.1) is 0 Å². The Morgan fingerprint density at radius 2 is 2.00 bits per heavy atom. The van der Waals surface area contributed by atoms with Crippen LogP contribution in [0.15, 0.2) is 30.3 Å². The highest BCUT2D eigenvalue weighted by atomic mass is 32.1. The maximum atomic E-state index is 12.3. The highest BCUT2D eigenvalue weighted by Gasteiger charge is 2.15. The number of H-pyrrole nitrogens is 1. The molecule has 3 rings (SSSR count). The van der Waals surface area contributed by atoms with E-state index in [1.54, 1.807) is 12.1 Å². The summed E-state index contributed by atoms with van der Waals surface area (Å²) in [5.74, 6) is 0.0981. The van der Waals surface area contributed by atoms with Gasteiger partial charge in [-0.3, -0.25) is 9.89 Å². The fourth-order valence-corrected chi connectivity index (χ4v) is 2.96. The second kappa shape index (κ2) is 6.20. The number of ether oxygens (including phenoxy) is 1. The van der Waals surface area contributed by atoms with E-state index in [0.717, 1.165) is 17.0 Å². The summed E-state index contributed by atoms with van der Waals surface area (Å²) in [5, 5.41) is 18.9. The number of fused-ring (bicyclic) bond motifs is 1. The first kappa shape index (κ1) is 15.8. The fraction of sp³-hybridized carbons (Fsp3) is 0.133. The highest BCUT2D eigenvalue weighted by molar-refractivity contribution is 7.20. The van der Waals surface area contributed by atoms with E-state index in [1.165, 1.54) is 6.07 Å². The normalized spacial score (nSPS) is 10.6. The van der Waals surface area contributed by atoms with Crippen molar-refractivity contribution < 1.29 is 19.4 Å². The third kappa shape index (κ3) is 3.15. The first-order valence-electron chi connectivity index (χ1n) is 6.91. The smallest absolute Gasteiger partial charge is 0.449 e. The summed E-state index contributed by atoms with van der Waals surface area (Å²) in [6.45, 7) is 0. The van der Waals surface area contributed by atoms with Crippen LogP contribution in [0, 0.1) is 0 Å². The first-order chi connectivity index (χ1) is 11.4. The highest BCUT2D eigenvalue weighted by Crippen LogP contribution is 2.34. The minimum atomic E-state index is -1.39. The summed E-state index contributed by atoms with van der Waals surface area (Å²) >= 11 is 1.07. The summed E-state index contributed by atoms with van der Waals surface area (Å²) in [5.41, 5.74) is 1.49. The van der Waals surface area contributed by atoms with Crippen molar-refractivity contribution in [3.63, 3.8) is 0 Å². The number of hydrogen-bond donors (Lipinski definition) is 3. The number of benzene rings is 1. The average molecular weight is 346 g/mol. The molecule has 0 aliphatic heterocycles. The van der Waals surface area contributed by atoms with Gasteiger partial charge in [0.15, 0.2) is 9.89 Å². The molecule has 0 bridgehead atoms. The SMILES string of the molecule is CN(C)c1ccc(C(=O)Nc2[nH]nc3sc(OC(=O)O)cc23)cc1. The molecular formula is C15H14N4O4S. The van der Waals surface area contributed by atoms with Gasteiger partial charge in [0, 0.05) is 31.4 Å². The topological polar surface area (TPSA) is 108 Å². The van der Waals surface area contributed by atoms with E-state index in [2.05, 4.69) is 20.3 Å². The molecule has 0 saturated carbocycles. The maximum absolute atomic E-state index is 12.3. The lowest BCUT2D eigenvalue weighted by Crippen LogP contribution is -2.13. The molecule has 124 valence electrons. The number of carbonyl (C=O) groups is 2. The van der Waals surface area contributed by atoms with Gasteiger partial charge in [0.1, 0.15) is 5.82 Å². The van der Waals surface area contributed by atoms with Gasteiger partial charge in [0.2, 0.25) is 0 Å². The number of amides is 1. The quantitative estimate of drug-likeness (QED) is 0.627. The minimum absolute atomic E-state index is 0.194. The number of nitrogens with zero attached hydrogens (tertiary/aromatic N) is 2. The number of aromatic nitrogens is 2. The Hall–Kier alpha value is -3.07. The van der Waals surface area contributed by atoms with Crippen molar-refractivity contribution in [2.45, 2.75) is 0 Å². The molecule has 2 aromatic heterocycles. The number of hydrogen-bond acceptors (Lipinski definition) is 6. The van der Waals surface area contributed by atoms with Crippen molar-refractivity contribution in [1.29, 1.82) is 0 Å². The molecule has 0 fully saturated rings. The second-order valence-electron chi connectivity index (χ2n) is 5.15. The van der Waals surface area contributed by atoms with Gasteiger partial charge in [-0.1, -0.05) is 11.3 Å². The number of carboxylic acid groups (broad SMARTS) is 1. The van der Waals surface area contributed by atoms with Crippen LogP contribution in [0.1, 0.15) is 10.4 Å². The summed E-state index contributed by atoms with van der Waals surface area (Å²) in [6, 6.07) is 8.67. The summed E-state index contributed by atoms with van der Waals surface area (Å²) < 4.78 is 4.60. The Bertz CT molecular complexity index is 898. The Balaban J connectivity index is 1.79. The van der Waals surface area contributed by atoms with E-state index in [0.29, 0.717) is 21.6 Å². The van der Waals surface area contributed by atoms with Crippen LogP contribution in [-0.4, -0.2) is 41.5 Å². The molecule has 3 aromatic rings. The largest absolute Gasteiger partial charge is 0.512 e. The van der Waals surface area contributed by atoms with Crippen LogP contribution >= 0.6 is 11.3 Å². The third-order valence-corrected chi connectivity index (χ3v) is 4.21. The van der Waals surface area contributed by atoms with Gasteiger partial charge < -0.3 is 20.1 Å². The van der Waals surface area contributed by atoms with Crippen LogP contribution in [0.3, 0.4) is 0 Å². The molecule has 1 amide bonds. The number of carbonyl (C=O) groups excluding carboxylic acids is 1. The molecule has 0 aliphatic rings. The average Bonchev–Trinajstić information content (AvgIpc) is 3.08. The van der Waals surface area contributed by atoms with Crippen LogP contribution in [-0.2, 0) is 0 Å². The van der Waals surface area contributed by atoms with Gasteiger partial charge in [-0.25, -0.2) is 4.79 Å². The number of anilines is 2. The fourth-order valence-electron chi connectivity index (χ4n) is 2.12. The Morgan fingerprint density at radius 3 is 2.62 bits per heavy atom. The van der Waals surface area contributed by atoms with Gasteiger partial charge in [0.25, 0.3) is 5.91 Å². The van der Waals surface area contributed by atoms with E-state index >= 15 is 0 Å². The zero-order valence-electron chi connectivity index (χ0n) is 12.9. The zero-order valence-corrected chi connectivity index (χ0v) is 13.7. The lowest BCUT2D eigenvalue weighted by atomic mass is 10.2. The van der Waals surface area contributed by atoms with Crippen molar-refractivity contribution in [3.05, 3.63) is 35.9 Å². The molecule has 9 heteroatoms. The van der Waals surface area contributed by atoms with Gasteiger partial charge in [-0.05, 0) is 24.3 Å². The molecule has 0 aliphatic carbocycles. The van der Waals surface area contributed by atoms with E-state index in [-0.39, 0.29) is 11.0 Å². The number of rotatable bonds is 4. The molecule has 8 nitrogen and oxygen atoms in total. The Labute approximate surface area is 140 Å². The van der Waals surface area contributed by atoms with Gasteiger partial charge in [-0.2, -0.15) is 5.10 Å². The summed E-state index contributed by atoms with van der Waals surface area (Å²) in [7, 11) is 3.84. The molecule has 0 unspecified atom stereocenters. The summed E-state index contributed by atoms with van der Waals surface area (Å²) in [6.07, 6.45) is -1.39. The lowest BCUT2D eigenvalue weighted by Gasteiger charge is -2.12. The molecule has 0 saturated heterocycles. The second-order valence-corrected chi connectivity index (χ2v) is 6.14. The number of thiophene rings is 1. The van der Waals surface area contributed by atoms with E-state index in [4.69, 9.17) is 5.11 Å². The van der Waals surface area contributed by atoms with E-state index in [1.807, 2.05) is 31.1 Å². The summed E-state index contributed by atoms with van der Waals surface area (Å²) in [4.78, 5) is 25.4. The van der Waals surface area contributed by atoms with Gasteiger partial charge in [0.05, 0.1) is 5.39 Å². The van der Waals surface area contributed by atoms with Crippen LogP contribution in [0.2, 0.25) is 0 Å². The molecule has 0 spiro atoms. The van der Waals surface area contributed by atoms with Crippen molar-refractivity contribution in [3.8, 4) is 5.06 Å². The van der Waals surface area contributed by atoms with Crippen molar-refractivity contribution in [1.82, 2.24) is 10.2 Å². The molecular weight excluding hydrogens is 332 g/mol. The Kier molecular flexibility index (Phi) is 4.09. The van der Waals surface area contributed by atoms with Crippen molar-refractivity contribution in [2.75, 3.05) is 24.3 Å². The molecule has 24 heavy (non-hydrogen) atoms. The minimum Gasteiger partial charge on any atom is -0.449 e. The lowest BCUT2D eigenvalue weighted by molar-refractivity contribution is 0.102. The number of nitrogens with one attached hydrogen (secondary N) is 2. The molecule has 3 N–H and O–H groups in total. The maximum Gasteiger partial charge on any atom is 0.512 e. The third-order valence-electron chi connectivity index (χ3n) is 3.30. The monoisotopic (exact) mass is 346 g/mol. The van der Waals surface area contributed by atoms with Gasteiger partial charge >= 0.3 is 6.16 Å². The van der Waals surface area contributed by atoms with Crippen molar-refractivity contribution >= 4 is 45.1 Å². The van der Waals surface area contributed by atoms with E-state index < -0.39 is 6.16 Å². The van der Waals surface area contributed by atoms with Crippen LogP contribution in [0.4, 0.5) is 16.3 Å². The molecule has 0 radical (unpaired) electrons. The predicted molar refractivity (Wildman–Crippen MR) is 91.3 cm³/mol. The molecule has 0 atom stereocenters. The van der Waals surface area contributed by atoms with E-state index in [9.17, 15) is 9.59 Å². The standard InChI is InChI=1S/C15H14N4O4S/c1-19(2)9-5-3-8(4-6-9)13(20)16-12-10-7-11(23-15(21)22)24-14(10)18-17-12/h3-7H,1-2H3,(H,21,22)(H2,16,17,18,20). The van der Waals surface area contributed by atoms with Crippen LogP contribution in [0.5, 0.6) is 5.06 Å². The number of aromatic amines is 1. The first-order valence-corrected chi connectivity index (χ1v) is 7.73.